The number of aryl methyl sites for hydroxylation is 1. The van der Waals surface area contributed by atoms with Crippen LogP contribution in [0.1, 0.15) is 11.1 Å². The standard InChI is InChI=1S/C13H19N3O2/c1-11-9-12(3-4-13(11)16(17)18)10-15-7-5-14(2)6-8-15/h3-4,9H,5-8,10H2,1-2H3. The molecule has 1 fully saturated rings. The molecule has 0 spiro atoms. The predicted molar refractivity (Wildman–Crippen MR) is 70.6 cm³/mol. The molecule has 5 nitrogen and oxygen atoms in total. The number of hydrogen-bond donors (Lipinski definition) is 0. The van der Waals surface area contributed by atoms with Crippen molar-refractivity contribution < 1.29 is 4.92 Å². The molecule has 0 atom stereocenters. The Morgan fingerprint density at radius 1 is 1.28 bits per heavy atom. The fourth-order valence-corrected chi connectivity index (χ4v) is 2.28. The van der Waals surface area contributed by atoms with Crippen LogP contribution in [-0.2, 0) is 6.54 Å². The van der Waals surface area contributed by atoms with Crippen molar-refractivity contribution in [3.63, 3.8) is 0 Å². The van der Waals surface area contributed by atoms with Crippen molar-refractivity contribution in [2.45, 2.75) is 13.5 Å². The number of nitro groups is 1. The molecule has 0 bridgehead atoms. The summed E-state index contributed by atoms with van der Waals surface area (Å²) in [4.78, 5) is 15.1. The van der Waals surface area contributed by atoms with Gasteiger partial charge < -0.3 is 4.90 Å². The molecule has 18 heavy (non-hydrogen) atoms. The molecule has 0 radical (unpaired) electrons. The highest BCUT2D eigenvalue weighted by atomic mass is 16.6. The lowest BCUT2D eigenvalue weighted by Crippen LogP contribution is -2.43. The molecule has 0 amide bonds. The molecule has 1 aromatic carbocycles. The third-order valence-corrected chi connectivity index (χ3v) is 3.46. The normalized spacial score (nSPS) is 17.9. The molecule has 1 aliphatic rings. The Morgan fingerprint density at radius 3 is 2.50 bits per heavy atom. The van der Waals surface area contributed by atoms with Gasteiger partial charge in [-0.25, -0.2) is 0 Å². The average molecular weight is 249 g/mol. The molecule has 1 heterocycles. The highest BCUT2D eigenvalue weighted by Crippen LogP contribution is 2.19. The quantitative estimate of drug-likeness (QED) is 0.603. The van der Waals surface area contributed by atoms with Crippen LogP contribution in [0.3, 0.4) is 0 Å². The van der Waals surface area contributed by atoms with Crippen LogP contribution in [0.25, 0.3) is 0 Å². The van der Waals surface area contributed by atoms with Gasteiger partial charge in [0.2, 0.25) is 0 Å². The van der Waals surface area contributed by atoms with Gasteiger partial charge in [-0.05, 0) is 25.6 Å². The van der Waals surface area contributed by atoms with E-state index in [1.165, 1.54) is 0 Å². The summed E-state index contributed by atoms with van der Waals surface area (Å²) in [6.07, 6.45) is 0. The molecule has 98 valence electrons. The Balaban J connectivity index is 2.02. The summed E-state index contributed by atoms with van der Waals surface area (Å²) in [5, 5.41) is 10.7. The molecule has 0 N–H and O–H groups in total. The van der Waals surface area contributed by atoms with Crippen molar-refractivity contribution in [2.75, 3.05) is 33.2 Å². The molecular weight excluding hydrogens is 230 g/mol. The topological polar surface area (TPSA) is 49.6 Å². The van der Waals surface area contributed by atoms with Gasteiger partial charge in [0.05, 0.1) is 4.92 Å². The predicted octanol–water partition coefficient (Wildman–Crippen LogP) is 1.65. The Kier molecular flexibility index (Phi) is 3.93. The Morgan fingerprint density at radius 2 is 1.94 bits per heavy atom. The second-order valence-corrected chi connectivity index (χ2v) is 4.96. The van der Waals surface area contributed by atoms with Crippen LogP contribution in [0, 0.1) is 17.0 Å². The van der Waals surface area contributed by atoms with E-state index in [4.69, 9.17) is 0 Å². The first kappa shape index (κ1) is 13.0. The maximum Gasteiger partial charge on any atom is 0.272 e. The minimum atomic E-state index is -0.324. The fraction of sp³-hybridized carbons (Fsp3) is 0.538. The van der Waals surface area contributed by atoms with Gasteiger partial charge in [0.25, 0.3) is 5.69 Å². The molecule has 1 saturated heterocycles. The zero-order valence-corrected chi connectivity index (χ0v) is 10.9. The van der Waals surface area contributed by atoms with Crippen LogP contribution in [0.5, 0.6) is 0 Å². The van der Waals surface area contributed by atoms with E-state index in [0.29, 0.717) is 0 Å². The number of rotatable bonds is 3. The number of benzene rings is 1. The first-order valence-electron chi connectivity index (χ1n) is 6.21. The molecule has 2 rings (SSSR count). The summed E-state index contributed by atoms with van der Waals surface area (Å²) >= 11 is 0. The highest BCUT2D eigenvalue weighted by Gasteiger charge is 2.15. The van der Waals surface area contributed by atoms with E-state index in [0.717, 1.165) is 43.9 Å². The van der Waals surface area contributed by atoms with Crippen LogP contribution in [-0.4, -0.2) is 47.9 Å². The molecule has 0 aromatic heterocycles. The molecular formula is C13H19N3O2. The molecule has 0 unspecified atom stereocenters. The van der Waals surface area contributed by atoms with Gasteiger partial charge in [-0.2, -0.15) is 0 Å². The highest BCUT2D eigenvalue weighted by molar-refractivity contribution is 5.41. The molecule has 5 heteroatoms. The number of piperazine rings is 1. The van der Waals surface area contributed by atoms with Crippen LogP contribution >= 0.6 is 0 Å². The van der Waals surface area contributed by atoms with Crippen LogP contribution < -0.4 is 0 Å². The van der Waals surface area contributed by atoms with Gasteiger partial charge in [-0.3, -0.25) is 15.0 Å². The Labute approximate surface area is 107 Å². The van der Waals surface area contributed by atoms with E-state index in [-0.39, 0.29) is 10.6 Å². The average Bonchev–Trinajstić information content (AvgIpc) is 2.32. The zero-order valence-electron chi connectivity index (χ0n) is 10.9. The number of nitrogens with zero attached hydrogens (tertiary/aromatic N) is 3. The van der Waals surface area contributed by atoms with Crippen molar-refractivity contribution in [1.29, 1.82) is 0 Å². The van der Waals surface area contributed by atoms with Gasteiger partial charge in [0.15, 0.2) is 0 Å². The molecule has 0 saturated carbocycles. The number of hydrogen-bond acceptors (Lipinski definition) is 4. The van der Waals surface area contributed by atoms with Crippen molar-refractivity contribution in [3.05, 3.63) is 39.4 Å². The molecule has 0 aliphatic carbocycles. The van der Waals surface area contributed by atoms with Crippen LogP contribution in [0.15, 0.2) is 18.2 Å². The summed E-state index contributed by atoms with van der Waals surface area (Å²) < 4.78 is 0. The van der Waals surface area contributed by atoms with Crippen molar-refractivity contribution in [2.24, 2.45) is 0 Å². The lowest BCUT2D eigenvalue weighted by molar-refractivity contribution is -0.385. The minimum Gasteiger partial charge on any atom is -0.304 e. The van der Waals surface area contributed by atoms with E-state index >= 15 is 0 Å². The van der Waals surface area contributed by atoms with Crippen molar-refractivity contribution in [1.82, 2.24) is 9.80 Å². The van der Waals surface area contributed by atoms with Gasteiger partial charge in [-0.15, -0.1) is 0 Å². The zero-order chi connectivity index (χ0) is 13.1. The van der Waals surface area contributed by atoms with Crippen molar-refractivity contribution in [3.8, 4) is 0 Å². The van der Waals surface area contributed by atoms with Gasteiger partial charge in [-0.1, -0.05) is 6.07 Å². The first-order chi connectivity index (χ1) is 8.56. The van der Waals surface area contributed by atoms with E-state index < -0.39 is 0 Å². The Hall–Kier alpha value is -1.46. The molecule has 1 aromatic rings. The second kappa shape index (κ2) is 5.46. The lowest BCUT2D eigenvalue weighted by Gasteiger charge is -2.32. The summed E-state index contributed by atoms with van der Waals surface area (Å²) in [6.45, 7) is 6.98. The third kappa shape index (κ3) is 3.05. The summed E-state index contributed by atoms with van der Waals surface area (Å²) in [6, 6.07) is 5.40. The summed E-state index contributed by atoms with van der Waals surface area (Å²) in [5.41, 5.74) is 2.10. The van der Waals surface area contributed by atoms with Gasteiger partial charge in [0, 0.05) is 44.4 Å². The maximum atomic E-state index is 10.7. The van der Waals surface area contributed by atoms with Crippen LogP contribution in [0.2, 0.25) is 0 Å². The van der Waals surface area contributed by atoms with E-state index in [9.17, 15) is 10.1 Å². The smallest absolute Gasteiger partial charge is 0.272 e. The number of likely N-dealkylation sites (N-methyl/N-ethyl adjacent to an activating group) is 1. The third-order valence-electron chi connectivity index (χ3n) is 3.46. The monoisotopic (exact) mass is 249 g/mol. The maximum absolute atomic E-state index is 10.7. The lowest BCUT2D eigenvalue weighted by atomic mass is 10.1. The van der Waals surface area contributed by atoms with Gasteiger partial charge >= 0.3 is 0 Å². The van der Waals surface area contributed by atoms with Crippen LogP contribution in [0.4, 0.5) is 5.69 Å². The van der Waals surface area contributed by atoms with E-state index in [1.54, 1.807) is 13.0 Å². The minimum absolute atomic E-state index is 0.206. The fourth-order valence-electron chi connectivity index (χ4n) is 2.28. The first-order valence-corrected chi connectivity index (χ1v) is 6.21. The van der Waals surface area contributed by atoms with Crippen molar-refractivity contribution >= 4 is 5.69 Å². The SMILES string of the molecule is Cc1cc(CN2CCN(C)CC2)ccc1[N+](=O)[O-]. The van der Waals surface area contributed by atoms with E-state index in [2.05, 4.69) is 16.8 Å². The summed E-state index contributed by atoms with van der Waals surface area (Å²) in [7, 11) is 2.13. The molecule has 1 aliphatic heterocycles. The number of nitro benzene ring substituents is 1. The Bertz CT molecular complexity index is 440. The summed E-state index contributed by atoms with van der Waals surface area (Å²) in [5.74, 6) is 0. The van der Waals surface area contributed by atoms with E-state index in [1.807, 2.05) is 12.1 Å². The largest absolute Gasteiger partial charge is 0.304 e. The van der Waals surface area contributed by atoms with Gasteiger partial charge in [0.1, 0.15) is 0 Å². The second-order valence-electron chi connectivity index (χ2n) is 4.96.